The van der Waals surface area contributed by atoms with E-state index < -0.39 is 21.1 Å². The quantitative estimate of drug-likeness (QED) is 0.799. The topological polar surface area (TPSA) is 85.6 Å². The van der Waals surface area contributed by atoms with Gasteiger partial charge in [0.25, 0.3) is 10.0 Å². The molecule has 0 fully saturated rings. The highest BCUT2D eigenvalue weighted by Gasteiger charge is 2.23. The first-order valence-electron chi connectivity index (χ1n) is 3.73. The zero-order chi connectivity index (χ0) is 11.6. The van der Waals surface area contributed by atoms with Crippen LogP contribution in [0.5, 0.6) is 0 Å². The van der Waals surface area contributed by atoms with Crippen LogP contribution in [0.1, 0.15) is 10.4 Å². The summed E-state index contributed by atoms with van der Waals surface area (Å²) in [5, 5.41) is -0.758. The monoisotopic (exact) mass is 253 g/mol. The third-order valence-electron chi connectivity index (χ3n) is 1.60. The summed E-state index contributed by atoms with van der Waals surface area (Å²) < 4.78 is 33.6. The fourth-order valence-electron chi connectivity index (χ4n) is 0.829. The molecule has 1 heterocycles. The second-order valence-corrected chi connectivity index (χ2v) is 4.61. The summed E-state index contributed by atoms with van der Waals surface area (Å²) >= 11 is 5.52. The summed E-state index contributed by atoms with van der Waals surface area (Å²) in [5.74, 6) is -0.763. The van der Waals surface area contributed by atoms with E-state index in [1.165, 1.54) is 7.05 Å². The maximum absolute atomic E-state index is 11.3. The minimum Gasteiger partial charge on any atom is -0.465 e. The third kappa shape index (κ3) is 2.31. The second-order valence-electron chi connectivity index (χ2n) is 2.45. The molecule has 1 aromatic rings. The average Bonchev–Trinajstić information content (AvgIpc) is 2.60. The molecule has 6 nitrogen and oxygen atoms in total. The number of ether oxygens (including phenoxy) is 1. The summed E-state index contributed by atoms with van der Waals surface area (Å²) in [7, 11) is -1.39. The molecular formula is C7H8ClNO5S. The summed E-state index contributed by atoms with van der Waals surface area (Å²) in [5.41, 5.74) is -0.131. The Morgan fingerprint density at radius 3 is 2.67 bits per heavy atom. The fraction of sp³-hybridized carbons (Fsp3) is 0.286. The van der Waals surface area contributed by atoms with E-state index >= 15 is 0 Å². The van der Waals surface area contributed by atoms with Crippen molar-refractivity contribution in [3.8, 4) is 0 Å². The molecule has 0 aromatic carbocycles. The Bertz CT molecular complexity index is 478. The Morgan fingerprint density at radius 1 is 1.60 bits per heavy atom. The third-order valence-corrected chi connectivity index (χ3v) is 3.15. The first-order chi connectivity index (χ1) is 6.92. The first kappa shape index (κ1) is 12.0. The molecular weight excluding hydrogens is 246 g/mol. The first-order valence-corrected chi connectivity index (χ1v) is 5.59. The number of carbonyl (C=O) groups excluding carboxylic acids is 1. The van der Waals surface area contributed by atoms with Crippen LogP contribution in [0.2, 0.25) is 5.22 Å². The molecule has 0 aliphatic carbocycles. The SMILES string of the molecule is CNS(=O)(=O)c1cc(C(=O)OC)c(Cl)o1. The van der Waals surface area contributed by atoms with Gasteiger partial charge in [-0.3, -0.25) is 0 Å². The predicted octanol–water partition coefficient (Wildman–Crippen LogP) is 0.628. The highest BCUT2D eigenvalue weighted by molar-refractivity contribution is 7.89. The maximum Gasteiger partial charge on any atom is 0.342 e. The molecule has 84 valence electrons. The molecule has 0 amide bonds. The average molecular weight is 254 g/mol. The number of nitrogens with one attached hydrogen (secondary N) is 1. The summed E-state index contributed by atoms with van der Waals surface area (Å²) in [6, 6.07) is 1.00. The van der Waals surface area contributed by atoms with Gasteiger partial charge in [0.15, 0.2) is 0 Å². The number of halogens is 1. The molecule has 1 N–H and O–H groups in total. The van der Waals surface area contributed by atoms with E-state index in [0.717, 1.165) is 13.2 Å². The van der Waals surface area contributed by atoms with Crippen LogP contribution in [-0.2, 0) is 14.8 Å². The number of hydrogen-bond acceptors (Lipinski definition) is 5. The molecule has 0 unspecified atom stereocenters. The molecule has 1 aromatic heterocycles. The maximum atomic E-state index is 11.3. The molecule has 0 radical (unpaired) electrons. The number of furan rings is 1. The van der Waals surface area contributed by atoms with Gasteiger partial charge in [-0.25, -0.2) is 17.9 Å². The number of sulfonamides is 1. The highest BCUT2D eigenvalue weighted by Crippen LogP contribution is 2.24. The lowest BCUT2D eigenvalue weighted by atomic mass is 10.3. The van der Waals surface area contributed by atoms with Gasteiger partial charge in [-0.1, -0.05) is 0 Å². The minimum absolute atomic E-state index is 0.131. The Labute approximate surface area is 91.2 Å². The predicted molar refractivity (Wildman–Crippen MR) is 51.3 cm³/mol. The fourth-order valence-corrected chi connectivity index (χ4v) is 1.76. The van der Waals surface area contributed by atoms with Gasteiger partial charge in [-0.2, -0.15) is 0 Å². The van der Waals surface area contributed by atoms with Crippen LogP contribution in [0.4, 0.5) is 0 Å². The molecule has 0 aliphatic rings. The Morgan fingerprint density at radius 2 is 2.20 bits per heavy atom. The van der Waals surface area contributed by atoms with E-state index in [0.29, 0.717) is 0 Å². The van der Waals surface area contributed by atoms with Crippen LogP contribution in [0.25, 0.3) is 0 Å². The van der Waals surface area contributed by atoms with Crippen molar-refractivity contribution in [1.29, 1.82) is 0 Å². The van der Waals surface area contributed by atoms with Gasteiger partial charge in [0.2, 0.25) is 10.3 Å². The van der Waals surface area contributed by atoms with Crippen LogP contribution in [0.15, 0.2) is 15.6 Å². The van der Waals surface area contributed by atoms with Crippen molar-refractivity contribution >= 4 is 27.6 Å². The van der Waals surface area contributed by atoms with E-state index in [9.17, 15) is 13.2 Å². The lowest BCUT2D eigenvalue weighted by Gasteiger charge is -1.94. The Balaban J connectivity index is 3.23. The summed E-state index contributed by atoms with van der Waals surface area (Å²) in [6.45, 7) is 0. The van der Waals surface area contributed by atoms with Crippen molar-refractivity contribution in [3.05, 3.63) is 16.8 Å². The zero-order valence-corrected chi connectivity index (χ0v) is 9.48. The van der Waals surface area contributed by atoms with Crippen molar-refractivity contribution in [2.75, 3.05) is 14.2 Å². The van der Waals surface area contributed by atoms with Gasteiger partial charge < -0.3 is 9.15 Å². The molecule has 15 heavy (non-hydrogen) atoms. The highest BCUT2D eigenvalue weighted by atomic mass is 35.5. The second kappa shape index (κ2) is 4.21. The van der Waals surface area contributed by atoms with Gasteiger partial charge in [0.1, 0.15) is 5.56 Å². The van der Waals surface area contributed by atoms with Gasteiger partial charge >= 0.3 is 5.97 Å². The lowest BCUT2D eigenvalue weighted by Crippen LogP contribution is -2.17. The van der Waals surface area contributed by atoms with Crippen LogP contribution < -0.4 is 4.72 Å². The summed E-state index contributed by atoms with van der Waals surface area (Å²) in [6.07, 6.45) is 0. The van der Waals surface area contributed by atoms with Crippen LogP contribution in [-0.4, -0.2) is 28.5 Å². The summed E-state index contributed by atoms with van der Waals surface area (Å²) in [4.78, 5) is 11.1. The molecule has 0 saturated carbocycles. The van der Waals surface area contributed by atoms with Gasteiger partial charge in [-0.05, 0) is 18.6 Å². The Hall–Kier alpha value is -1.05. The van der Waals surface area contributed by atoms with Crippen LogP contribution >= 0.6 is 11.6 Å². The smallest absolute Gasteiger partial charge is 0.342 e. The number of rotatable bonds is 3. The lowest BCUT2D eigenvalue weighted by molar-refractivity contribution is 0.0600. The largest absolute Gasteiger partial charge is 0.465 e. The molecule has 1 rings (SSSR count). The molecule has 0 spiro atoms. The standard InChI is InChI=1S/C7H8ClNO5S/c1-9-15(11,12)5-3-4(6(8)14-5)7(10)13-2/h3,9H,1-2H3. The number of methoxy groups -OCH3 is 1. The van der Waals surface area contributed by atoms with Crippen molar-refractivity contribution < 1.29 is 22.4 Å². The van der Waals surface area contributed by atoms with Gasteiger partial charge in [0.05, 0.1) is 7.11 Å². The molecule has 0 aliphatic heterocycles. The van der Waals surface area contributed by atoms with Gasteiger partial charge in [-0.15, -0.1) is 0 Å². The normalized spacial score (nSPS) is 11.4. The van der Waals surface area contributed by atoms with Crippen molar-refractivity contribution in [1.82, 2.24) is 4.72 Å². The molecule has 0 atom stereocenters. The zero-order valence-electron chi connectivity index (χ0n) is 7.90. The molecule has 0 bridgehead atoms. The van der Waals surface area contributed by atoms with Crippen LogP contribution in [0.3, 0.4) is 0 Å². The van der Waals surface area contributed by atoms with E-state index in [4.69, 9.17) is 16.0 Å². The van der Waals surface area contributed by atoms with E-state index in [-0.39, 0.29) is 10.8 Å². The van der Waals surface area contributed by atoms with Crippen LogP contribution in [0, 0.1) is 0 Å². The minimum atomic E-state index is -3.75. The number of hydrogen-bond donors (Lipinski definition) is 1. The van der Waals surface area contributed by atoms with E-state index in [1.807, 2.05) is 4.72 Å². The van der Waals surface area contributed by atoms with Crippen molar-refractivity contribution in [3.63, 3.8) is 0 Å². The number of esters is 1. The molecule has 8 heteroatoms. The molecule has 0 saturated heterocycles. The number of carbonyl (C=O) groups is 1. The van der Waals surface area contributed by atoms with Crippen molar-refractivity contribution in [2.24, 2.45) is 0 Å². The Kier molecular flexibility index (Phi) is 3.38. The van der Waals surface area contributed by atoms with E-state index in [2.05, 4.69) is 4.74 Å². The van der Waals surface area contributed by atoms with Crippen molar-refractivity contribution in [2.45, 2.75) is 5.09 Å². The van der Waals surface area contributed by atoms with E-state index in [1.54, 1.807) is 0 Å². The van der Waals surface area contributed by atoms with Gasteiger partial charge in [0, 0.05) is 6.07 Å².